The zero-order chi connectivity index (χ0) is 14.4. The normalized spacial score (nSPS) is 18.8. The lowest BCUT2D eigenvalue weighted by Gasteiger charge is -2.22. The average molecular weight is 282 g/mol. The Labute approximate surface area is 120 Å². The van der Waals surface area contributed by atoms with E-state index in [4.69, 9.17) is 0 Å². The molecule has 1 heterocycles. The molecule has 0 aliphatic carbocycles. The first-order valence-electron chi connectivity index (χ1n) is 7.58. The van der Waals surface area contributed by atoms with Crippen LogP contribution in [0.1, 0.15) is 44.2 Å². The van der Waals surface area contributed by atoms with Crippen LogP contribution in [0, 0.1) is 11.6 Å². The maximum atomic E-state index is 13.7. The van der Waals surface area contributed by atoms with Crippen LogP contribution in [0.4, 0.5) is 8.78 Å². The van der Waals surface area contributed by atoms with Crippen LogP contribution < -0.4 is 5.32 Å². The summed E-state index contributed by atoms with van der Waals surface area (Å²) in [6.07, 6.45) is 5.20. The van der Waals surface area contributed by atoms with Crippen molar-refractivity contribution in [2.45, 2.75) is 38.6 Å². The summed E-state index contributed by atoms with van der Waals surface area (Å²) in [6, 6.07) is 4.18. The fourth-order valence-corrected chi connectivity index (χ4v) is 2.76. The van der Waals surface area contributed by atoms with Crippen molar-refractivity contribution in [3.8, 4) is 0 Å². The van der Waals surface area contributed by atoms with Crippen molar-refractivity contribution in [2.24, 2.45) is 0 Å². The Kier molecular flexibility index (Phi) is 5.92. The molecule has 0 radical (unpaired) electrons. The van der Waals surface area contributed by atoms with Gasteiger partial charge in [-0.2, -0.15) is 0 Å². The van der Waals surface area contributed by atoms with Gasteiger partial charge in [-0.1, -0.05) is 25.0 Å². The lowest BCUT2D eigenvalue weighted by atomic mass is 10.1. The Balaban J connectivity index is 1.79. The van der Waals surface area contributed by atoms with E-state index in [1.54, 1.807) is 12.1 Å². The average Bonchev–Trinajstić information content (AvgIpc) is 2.70. The summed E-state index contributed by atoms with van der Waals surface area (Å²) in [5.74, 6) is -1.51. The molecule has 1 aromatic carbocycles. The molecule has 1 aliphatic rings. The summed E-state index contributed by atoms with van der Waals surface area (Å²) >= 11 is 0. The van der Waals surface area contributed by atoms with Gasteiger partial charge in [0.2, 0.25) is 0 Å². The topological polar surface area (TPSA) is 15.3 Å². The highest BCUT2D eigenvalue weighted by Gasteiger charge is 2.14. The quantitative estimate of drug-likeness (QED) is 0.889. The molecular weight excluding hydrogens is 258 g/mol. The van der Waals surface area contributed by atoms with Crippen molar-refractivity contribution in [3.05, 3.63) is 35.4 Å². The number of hydrogen-bond acceptors (Lipinski definition) is 2. The number of likely N-dealkylation sites (tertiary alicyclic amines) is 1. The zero-order valence-electron chi connectivity index (χ0n) is 12.2. The maximum absolute atomic E-state index is 13.7. The molecule has 0 spiro atoms. The van der Waals surface area contributed by atoms with Crippen molar-refractivity contribution in [1.29, 1.82) is 0 Å². The van der Waals surface area contributed by atoms with Crippen LogP contribution >= 0.6 is 0 Å². The summed E-state index contributed by atoms with van der Waals surface area (Å²) in [5.41, 5.74) is 0.404. The molecule has 1 aliphatic heterocycles. The van der Waals surface area contributed by atoms with Crippen molar-refractivity contribution in [1.82, 2.24) is 10.2 Å². The number of benzene rings is 1. The van der Waals surface area contributed by atoms with Crippen LogP contribution in [-0.2, 0) is 0 Å². The lowest BCUT2D eigenvalue weighted by Crippen LogP contribution is -2.34. The van der Waals surface area contributed by atoms with Crippen LogP contribution in [0.2, 0.25) is 0 Å². The molecule has 2 nitrogen and oxygen atoms in total. The Morgan fingerprint density at radius 3 is 2.55 bits per heavy atom. The van der Waals surface area contributed by atoms with Crippen LogP contribution in [0.5, 0.6) is 0 Å². The van der Waals surface area contributed by atoms with E-state index < -0.39 is 11.6 Å². The fourth-order valence-electron chi connectivity index (χ4n) is 2.76. The lowest BCUT2D eigenvalue weighted by molar-refractivity contribution is 0.280. The van der Waals surface area contributed by atoms with Gasteiger partial charge < -0.3 is 10.2 Å². The summed E-state index contributed by atoms with van der Waals surface area (Å²) in [5, 5.41) is 3.29. The molecule has 0 amide bonds. The van der Waals surface area contributed by atoms with E-state index in [-0.39, 0.29) is 6.04 Å². The Morgan fingerprint density at radius 2 is 1.85 bits per heavy atom. The third-order valence-corrected chi connectivity index (χ3v) is 4.03. The molecule has 1 saturated heterocycles. The molecule has 1 unspecified atom stereocenters. The summed E-state index contributed by atoms with van der Waals surface area (Å²) in [7, 11) is 0. The van der Waals surface area contributed by atoms with Gasteiger partial charge in [0.05, 0.1) is 0 Å². The molecule has 112 valence electrons. The zero-order valence-corrected chi connectivity index (χ0v) is 12.2. The van der Waals surface area contributed by atoms with Crippen LogP contribution in [-0.4, -0.2) is 31.1 Å². The highest BCUT2D eigenvalue weighted by Crippen LogP contribution is 2.18. The van der Waals surface area contributed by atoms with Gasteiger partial charge in [0.15, 0.2) is 11.6 Å². The minimum Gasteiger partial charge on any atom is -0.309 e. The van der Waals surface area contributed by atoms with E-state index in [1.807, 2.05) is 6.92 Å². The van der Waals surface area contributed by atoms with Crippen LogP contribution in [0.25, 0.3) is 0 Å². The van der Waals surface area contributed by atoms with Gasteiger partial charge in [0, 0.05) is 24.7 Å². The second kappa shape index (κ2) is 7.70. The Bertz CT molecular complexity index is 415. The number of hydrogen-bond donors (Lipinski definition) is 1. The molecular formula is C16H24F2N2. The SMILES string of the molecule is CC(NCCN1CCCCCC1)c1cccc(F)c1F. The van der Waals surface area contributed by atoms with Gasteiger partial charge in [-0.15, -0.1) is 0 Å². The summed E-state index contributed by atoms with van der Waals surface area (Å²) < 4.78 is 26.8. The first-order chi connectivity index (χ1) is 9.68. The maximum Gasteiger partial charge on any atom is 0.163 e. The van der Waals surface area contributed by atoms with Gasteiger partial charge >= 0.3 is 0 Å². The highest BCUT2D eigenvalue weighted by molar-refractivity contribution is 5.21. The minimum atomic E-state index is -0.774. The molecule has 1 N–H and O–H groups in total. The van der Waals surface area contributed by atoms with E-state index >= 15 is 0 Å². The number of halogens is 2. The van der Waals surface area contributed by atoms with Gasteiger partial charge in [-0.25, -0.2) is 8.78 Å². The second-order valence-electron chi connectivity index (χ2n) is 5.57. The van der Waals surface area contributed by atoms with Crippen molar-refractivity contribution in [2.75, 3.05) is 26.2 Å². The molecule has 0 saturated carbocycles. The Morgan fingerprint density at radius 1 is 1.15 bits per heavy atom. The standard InChI is InChI=1S/C16H24F2N2/c1-13(14-7-6-8-15(17)16(14)18)19-9-12-20-10-4-2-3-5-11-20/h6-8,13,19H,2-5,9-12H2,1H3. The van der Waals surface area contributed by atoms with Gasteiger partial charge in [-0.3, -0.25) is 0 Å². The first kappa shape index (κ1) is 15.4. The molecule has 1 aromatic rings. The third kappa shape index (κ3) is 4.25. The van der Waals surface area contributed by atoms with E-state index in [0.717, 1.165) is 32.2 Å². The molecule has 1 atom stereocenters. The van der Waals surface area contributed by atoms with E-state index in [0.29, 0.717) is 5.56 Å². The van der Waals surface area contributed by atoms with Crippen molar-refractivity contribution >= 4 is 0 Å². The molecule has 1 fully saturated rings. The van der Waals surface area contributed by atoms with Gasteiger partial charge in [-0.05, 0) is 38.9 Å². The van der Waals surface area contributed by atoms with E-state index in [2.05, 4.69) is 10.2 Å². The Hall–Kier alpha value is -1.00. The first-order valence-corrected chi connectivity index (χ1v) is 7.58. The van der Waals surface area contributed by atoms with E-state index in [9.17, 15) is 8.78 Å². The molecule has 0 aromatic heterocycles. The molecule has 0 bridgehead atoms. The molecule has 2 rings (SSSR count). The van der Waals surface area contributed by atoms with Gasteiger partial charge in [0.1, 0.15) is 0 Å². The van der Waals surface area contributed by atoms with Crippen molar-refractivity contribution < 1.29 is 8.78 Å². The predicted octanol–water partition coefficient (Wildman–Crippen LogP) is 3.49. The number of nitrogens with zero attached hydrogens (tertiary/aromatic N) is 1. The van der Waals surface area contributed by atoms with Crippen LogP contribution in [0.15, 0.2) is 18.2 Å². The summed E-state index contributed by atoms with van der Waals surface area (Å²) in [6.45, 7) is 5.97. The van der Waals surface area contributed by atoms with Gasteiger partial charge in [0.25, 0.3) is 0 Å². The van der Waals surface area contributed by atoms with E-state index in [1.165, 1.54) is 25.7 Å². The molecule has 4 heteroatoms. The number of rotatable bonds is 5. The number of nitrogens with one attached hydrogen (secondary N) is 1. The second-order valence-corrected chi connectivity index (χ2v) is 5.57. The van der Waals surface area contributed by atoms with Crippen LogP contribution in [0.3, 0.4) is 0 Å². The largest absolute Gasteiger partial charge is 0.309 e. The molecule has 20 heavy (non-hydrogen) atoms. The fraction of sp³-hybridized carbons (Fsp3) is 0.625. The summed E-state index contributed by atoms with van der Waals surface area (Å²) in [4.78, 5) is 2.45. The third-order valence-electron chi connectivity index (χ3n) is 4.03. The predicted molar refractivity (Wildman–Crippen MR) is 77.7 cm³/mol. The monoisotopic (exact) mass is 282 g/mol. The highest BCUT2D eigenvalue weighted by atomic mass is 19.2. The van der Waals surface area contributed by atoms with Crippen molar-refractivity contribution in [3.63, 3.8) is 0 Å². The minimum absolute atomic E-state index is 0.169. The smallest absolute Gasteiger partial charge is 0.163 e.